The van der Waals surface area contributed by atoms with Crippen LogP contribution in [0.1, 0.15) is 5.56 Å². The quantitative estimate of drug-likeness (QED) is 0.181. The Balaban J connectivity index is 1.14. The summed E-state index contributed by atoms with van der Waals surface area (Å²) in [5, 5.41) is 2.13. The molecule has 0 unspecified atom stereocenters. The number of aryl methyl sites for hydroxylation is 1. The predicted octanol–water partition coefficient (Wildman–Crippen LogP) is 11.5. The van der Waals surface area contributed by atoms with Gasteiger partial charge in [-0.1, -0.05) is 121 Å². The Labute approximate surface area is 289 Å². The van der Waals surface area contributed by atoms with Gasteiger partial charge in [0.15, 0.2) is 17.5 Å². The first kappa shape index (κ1) is 29.4. The third-order valence-corrected chi connectivity index (χ3v) is 9.05. The molecule has 236 valence electrons. The van der Waals surface area contributed by atoms with Crippen molar-refractivity contribution in [3.8, 4) is 67.5 Å². The van der Waals surface area contributed by atoms with Gasteiger partial charge in [0, 0.05) is 45.4 Å². The average molecular weight is 643 g/mol. The van der Waals surface area contributed by atoms with Gasteiger partial charge in [-0.2, -0.15) is 0 Å². The summed E-state index contributed by atoms with van der Waals surface area (Å²) in [6, 6.07) is 52.1. The van der Waals surface area contributed by atoms with E-state index in [9.17, 15) is 0 Å². The molecule has 0 atom stereocenters. The van der Waals surface area contributed by atoms with E-state index < -0.39 is 0 Å². The minimum atomic E-state index is 0.582. The number of benzene rings is 6. The fraction of sp³-hybridized carbons (Fsp3) is 0.0222. The van der Waals surface area contributed by atoms with Crippen molar-refractivity contribution in [1.82, 2.24) is 19.9 Å². The first-order chi connectivity index (χ1) is 24.7. The largest absolute Gasteiger partial charge is 0.456 e. The van der Waals surface area contributed by atoms with Gasteiger partial charge in [-0.25, -0.2) is 15.0 Å². The van der Waals surface area contributed by atoms with Gasteiger partial charge < -0.3 is 4.42 Å². The van der Waals surface area contributed by atoms with Crippen LogP contribution in [0.3, 0.4) is 0 Å². The van der Waals surface area contributed by atoms with Gasteiger partial charge in [0.25, 0.3) is 0 Å². The highest BCUT2D eigenvalue weighted by atomic mass is 16.3. The zero-order valence-electron chi connectivity index (χ0n) is 27.3. The first-order valence-electron chi connectivity index (χ1n) is 16.6. The molecule has 3 heterocycles. The SMILES string of the molecule is Cc1cncc(-c2ccc(-c3nc(-c4ccccc4)nc(-c4ccc5c(c4)oc4cccc(-c6cccc(-c7ccccc7)c6)c45)n3)cc2)c1. The Hall–Kier alpha value is -6.72. The van der Waals surface area contributed by atoms with Crippen LogP contribution in [0, 0.1) is 6.92 Å². The topological polar surface area (TPSA) is 64.7 Å². The molecule has 0 bridgehead atoms. The van der Waals surface area contributed by atoms with Crippen LogP contribution in [-0.4, -0.2) is 19.9 Å². The number of hydrogen-bond acceptors (Lipinski definition) is 5. The Morgan fingerprint density at radius 1 is 0.400 bits per heavy atom. The van der Waals surface area contributed by atoms with E-state index >= 15 is 0 Å². The predicted molar refractivity (Wildman–Crippen MR) is 202 cm³/mol. The van der Waals surface area contributed by atoms with E-state index in [2.05, 4.69) is 115 Å². The van der Waals surface area contributed by atoms with Crippen LogP contribution in [0.5, 0.6) is 0 Å². The number of fused-ring (bicyclic) bond motifs is 3. The lowest BCUT2D eigenvalue weighted by Gasteiger charge is -2.09. The average Bonchev–Trinajstić information content (AvgIpc) is 3.57. The lowest BCUT2D eigenvalue weighted by atomic mass is 9.96. The lowest BCUT2D eigenvalue weighted by Crippen LogP contribution is -2.00. The van der Waals surface area contributed by atoms with E-state index in [0.717, 1.165) is 66.4 Å². The summed E-state index contributed by atoms with van der Waals surface area (Å²) in [6.07, 6.45) is 3.75. The van der Waals surface area contributed by atoms with Gasteiger partial charge in [0.05, 0.1) is 0 Å². The normalized spacial score (nSPS) is 11.3. The van der Waals surface area contributed by atoms with Gasteiger partial charge in [-0.3, -0.25) is 4.98 Å². The zero-order chi connectivity index (χ0) is 33.4. The van der Waals surface area contributed by atoms with E-state index in [1.807, 2.05) is 60.9 Å². The van der Waals surface area contributed by atoms with Gasteiger partial charge >= 0.3 is 0 Å². The van der Waals surface area contributed by atoms with Crippen molar-refractivity contribution in [3.05, 3.63) is 170 Å². The molecule has 0 saturated heterocycles. The van der Waals surface area contributed by atoms with Gasteiger partial charge in [0.1, 0.15) is 11.2 Å². The van der Waals surface area contributed by atoms with E-state index in [1.165, 1.54) is 11.1 Å². The summed E-state index contributed by atoms with van der Waals surface area (Å²) >= 11 is 0. The molecule has 6 aromatic carbocycles. The number of hydrogen-bond donors (Lipinski definition) is 0. The zero-order valence-corrected chi connectivity index (χ0v) is 27.3. The highest BCUT2D eigenvalue weighted by Gasteiger charge is 2.17. The highest BCUT2D eigenvalue weighted by Crippen LogP contribution is 2.39. The van der Waals surface area contributed by atoms with Crippen LogP contribution in [-0.2, 0) is 0 Å². The molecule has 0 fully saturated rings. The molecule has 0 aliphatic carbocycles. The third kappa shape index (κ3) is 5.51. The van der Waals surface area contributed by atoms with Crippen LogP contribution >= 0.6 is 0 Å². The molecular weight excluding hydrogens is 613 g/mol. The molecule has 9 rings (SSSR count). The molecule has 0 aliphatic heterocycles. The Morgan fingerprint density at radius 3 is 1.72 bits per heavy atom. The molecule has 0 amide bonds. The monoisotopic (exact) mass is 642 g/mol. The molecule has 50 heavy (non-hydrogen) atoms. The standard InChI is InChI=1S/C45H30N4O/c1-29-24-37(28-46-27-29)31-18-20-33(21-19-31)44-47-43(32-12-6-3-7-13-32)48-45(49-44)36-22-23-39-41(26-36)50-40-17-9-16-38(42(39)40)35-15-8-14-34(25-35)30-10-4-2-5-11-30/h2-28H,1H3. The van der Waals surface area contributed by atoms with Crippen molar-refractivity contribution < 1.29 is 4.42 Å². The van der Waals surface area contributed by atoms with E-state index in [4.69, 9.17) is 19.4 Å². The molecule has 9 aromatic rings. The molecule has 0 saturated carbocycles. The molecule has 0 radical (unpaired) electrons. The fourth-order valence-electron chi connectivity index (χ4n) is 6.58. The summed E-state index contributed by atoms with van der Waals surface area (Å²) in [5.41, 5.74) is 12.2. The number of furan rings is 1. The van der Waals surface area contributed by atoms with E-state index in [-0.39, 0.29) is 0 Å². The molecular formula is C45H30N4O. The van der Waals surface area contributed by atoms with Crippen LogP contribution < -0.4 is 0 Å². The molecule has 0 N–H and O–H groups in total. The first-order valence-corrected chi connectivity index (χ1v) is 16.6. The summed E-state index contributed by atoms with van der Waals surface area (Å²) in [5.74, 6) is 1.80. The second-order valence-electron chi connectivity index (χ2n) is 12.4. The Morgan fingerprint density at radius 2 is 0.980 bits per heavy atom. The lowest BCUT2D eigenvalue weighted by molar-refractivity contribution is 0.669. The van der Waals surface area contributed by atoms with Crippen LogP contribution in [0.25, 0.3) is 89.5 Å². The van der Waals surface area contributed by atoms with E-state index in [0.29, 0.717) is 17.5 Å². The van der Waals surface area contributed by atoms with Crippen molar-refractivity contribution in [2.75, 3.05) is 0 Å². The minimum absolute atomic E-state index is 0.582. The molecule has 5 heteroatoms. The number of rotatable bonds is 6. The van der Waals surface area contributed by atoms with Crippen molar-refractivity contribution in [3.63, 3.8) is 0 Å². The maximum absolute atomic E-state index is 6.51. The molecule has 0 spiro atoms. The van der Waals surface area contributed by atoms with Crippen LogP contribution in [0.15, 0.2) is 168 Å². The second kappa shape index (κ2) is 12.4. The van der Waals surface area contributed by atoms with Gasteiger partial charge in [-0.05, 0) is 70.6 Å². The smallest absolute Gasteiger partial charge is 0.164 e. The second-order valence-corrected chi connectivity index (χ2v) is 12.4. The Kier molecular flexibility index (Phi) is 7.29. The van der Waals surface area contributed by atoms with Crippen LogP contribution in [0.2, 0.25) is 0 Å². The van der Waals surface area contributed by atoms with Crippen molar-refractivity contribution in [1.29, 1.82) is 0 Å². The van der Waals surface area contributed by atoms with Crippen LogP contribution in [0.4, 0.5) is 0 Å². The maximum Gasteiger partial charge on any atom is 0.164 e. The van der Waals surface area contributed by atoms with Gasteiger partial charge in [-0.15, -0.1) is 0 Å². The third-order valence-electron chi connectivity index (χ3n) is 9.05. The minimum Gasteiger partial charge on any atom is -0.456 e. The number of aromatic nitrogens is 4. The summed E-state index contributed by atoms with van der Waals surface area (Å²) < 4.78 is 6.51. The highest BCUT2D eigenvalue weighted by molar-refractivity contribution is 6.13. The number of pyridine rings is 1. The molecule has 0 aliphatic rings. The van der Waals surface area contributed by atoms with Crippen molar-refractivity contribution in [2.24, 2.45) is 0 Å². The summed E-state index contributed by atoms with van der Waals surface area (Å²) in [4.78, 5) is 19.3. The van der Waals surface area contributed by atoms with E-state index in [1.54, 1.807) is 0 Å². The molecule has 3 aromatic heterocycles. The Bertz CT molecular complexity index is 2650. The van der Waals surface area contributed by atoms with Crippen molar-refractivity contribution >= 4 is 21.9 Å². The maximum atomic E-state index is 6.51. The summed E-state index contributed by atoms with van der Waals surface area (Å²) in [7, 11) is 0. The fourth-order valence-corrected chi connectivity index (χ4v) is 6.58. The van der Waals surface area contributed by atoms with Gasteiger partial charge in [0.2, 0.25) is 0 Å². The summed E-state index contributed by atoms with van der Waals surface area (Å²) in [6.45, 7) is 2.05. The van der Waals surface area contributed by atoms with Crippen molar-refractivity contribution in [2.45, 2.75) is 6.92 Å². The molecule has 5 nitrogen and oxygen atoms in total. The number of nitrogens with zero attached hydrogens (tertiary/aromatic N) is 4.